The van der Waals surface area contributed by atoms with Crippen molar-refractivity contribution in [2.24, 2.45) is 0 Å². The highest BCUT2D eigenvalue weighted by Gasteiger charge is 2.41. The molecule has 5 heteroatoms. The fourth-order valence-corrected chi connectivity index (χ4v) is 2.32. The summed E-state index contributed by atoms with van der Waals surface area (Å²) in [6, 6.07) is 10.5. The standard InChI is InChI=1S/C17H20N2O.2ClH/c1-13-4-3-5-14(8-13)15-9-16(11-19-10-15)20-12-17(18-2)6-7-17;;/h3-5,8-11,18H,6-7,12H2,1-2H3;2*1H. The van der Waals surface area contributed by atoms with Gasteiger partial charge in [0.15, 0.2) is 0 Å². The van der Waals surface area contributed by atoms with Crippen molar-refractivity contribution in [2.45, 2.75) is 25.3 Å². The highest BCUT2D eigenvalue weighted by atomic mass is 35.5. The molecule has 2 aromatic rings. The maximum absolute atomic E-state index is 5.89. The predicted molar refractivity (Wildman–Crippen MR) is 95.4 cm³/mol. The van der Waals surface area contributed by atoms with Gasteiger partial charge < -0.3 is 10.1 Å². The largest absolute Gasteiger partial charge is 0.490 e. The van der Waals surface area contributed by atoms with Crippen molar-refractivity contribution in [3.8, 4) is 16.9 Å². The molecular formula is C17H22Cl2N2O. The number of benzene rings is 1. The molecule has 0 unspecified atom stereocenters. The van der Waals surface area contributed by atoms with Crippen LogP contribution < -0.4 is 10.1 Å². The van der Waals surface area contributed by atoms with E-state index in [0.717, 1.165) is 11.3 Å². The molecule has 1 saturated carbocycles. The van der Waals surface area contributed by atoms with Gasteiger partial charge in [-0.05, 0) is 38.4 Å². The number of rotatable bonds is 5. The molecule has 1 N–H and O–H groups in total. The highest BCUT2D eigenvalue weighted by molar-refractivity contribution is 5.85. The number of nitrogens with one attached hydrogen (secondary N) is 1. The lowest BCUT2D eigenvalue weighted by Gasteiger charge is -2.15. The van der Waals surface area contributed by atoms with Gasteiger partial charge in [-0.1, -0.05) is 29.8 Å². The number of halogens is 2. The number of pyridine rings is 1. The summed E-state index contributed by atoms with van der Waals surface area (Å²) in [6.45, 7) is 2.81. The van der Waals surface area contributed by atoms with Crippen molar-refractivity contribution >= 4 is 24.8 Å². The molecule has 0 bridgehead atoms. The summed E-state index contributed by atoms with van der Waals surface area (Å²) in [7, 11) is 2.00. The molecule has 1 fully saturated rings. The molecule has 0 atom stereocenters. The molecule has 22 heavy (non-hydrogen) atoms. The number of aromatic nitrogens is 1. The fraction of sp³-hybridized carbons (Fsp3) is 0.353. The number of aryl methyl sites for hydroxylation is 1. The van der Waals surface area contributed by atoms with E-state index in [-0.39, 0.29) is 30.4 Å². The minimum Gasteiger partial charge on any atom is -0.490 e. The van der Waals surface area contributed by atoms with E-state index in [1.165, 1.54) is 24.0 Å². The maximum Gasteiger partial charge on any atom is 0.138 e. The number of nitrogens with zero attached hydrogens (tertiary/aromatic N) is 1. The van der Waals surface area contributed by atoms with Gasteiger partial charge in [-0.15, -0.1) is 24.8 Å². The summed E-state index contributed by atoms with van der Waals surface area (Å²) >= 11 is 0. The average molecular weight is 341 g/mol. The number of hydrogen-bond acceptors (Lipinski definition) is 3. The van der Waals surface area contributed by atoms with Crippen LogP contribution in [0.15, 0.2) is 42.7 Å². The Bertz CT molecular complexity index is 615. The highest BCUT2D eigenvalue weighted by Crippen LogP contribution is 2.35. The number of likely N-dealkylation sites (N-methyl/N-ethyl adjacent to an activating group) is 1. The number of hydrogen-bond donors (Lipinski definition) is 1. The van der Waals surface area contributed by atoms with E-state index < -0.39 is 0 Å². The van der Waals surface area contributed by atoms with Gasteiger partial charge >= 0.3 is 0 Å². The van der Waals surface area contributed by atoms with Crippen LogP contribution in [0.3, 0.4) is 0 Å². The summed E-state index contributed by atoms with van der Waals surface area (Å²) in [5.41, 5.74) is 3.72. The first-order chi connectivity index (χ1) is 9.71. The van der Waals surface area contributed by atoms with Crippen molar-refractivity contribution in [1.29, 1.82) is 0 Å². The lowest BCUT2D eigenvalue weighted by molar-refractivity contribution is 0.259. The van der Waals surface area contributed by atoms with E-state index in [2.05, 4.69) is 47.6 Å². The Labute approximate surface area is 144 Å². The Morgan fingerprint density at radius 2 is 1.91 bits per heavy atom. The smallest absolute Gasteiger partial charge is 0.138 e. The van der Waals surface area contributed by atoms with E-state index in [1.54, 1.807) is 6.20 Å². The summed E-state index contributed by atoms with van der Waals surface area (Å²) in [4.78, 5) is 4.29. The van der Waals surface area contributed by atoms with Crippen molar-refractivity contribution in [1.82, 2.24) is 10.3 Å². The zero-order chi connectivity index (χ0) is 14.0. The molecule has 0 spiro atoms. The van der Waals surface area contributed by atoms with Crippen LogP contribution in [0.25, 0.3) is 11.1 Å². The second-order valence-electron chi connectivity index (χ2n) is 5.60. The molecule has 1 aromatic heterocycles. The van der Waals surface area contributed by atoms with Crippen LogP contribution in [-0.2, 0) is 0 Å². The Kier molecular flexibility index (Phi) is 6.66. The average Bonchev–Trinajstić information content (AvgIpc) is 3.26. The third kappa shape index (κ3) is 4.35. The first-order valence-corrected chi connectivity index (χ1v) is 7.05. The minimum atomic E-state index is 0. The van der Waals surface area contributed by atoms with E-state index >= 15 is 0 Å². The Hall–Kier alpha value is -1.29. The third-order valence-corrected chi connectivity index (χ3v) is 3.96. The SMILES string of the molecule is CNC1(COc2cncc(-c3cccc(C)c3)c2)CC1.Cl.Cl. The summed E-state index contributed by atoms with van der Waals surface area (Å²) in [6.07, 6.45) is 6.04. The Morgan fingerprint density at radius 3 is 2.55 bits per heavy atom. The zero-order valence-electron chi connectivity index (χ0n) is 12.8. The molecule has 120 valence electrons. The van der Waals surface area contributed by atoms with E-state index in [9.17, 15) is 0 Å². The molecule has 3 rings (SSSR count). The lowest BCUT2D eigenvalue weighted by Crippen LogP contribution is -2.33. The molecule has 1 aromatic carbocycles. The van der Waals surface area contributed by atoms with E-state index in [4.69, 9.17) is 4.74 Å². The third-order valence-electron chi connectivity index (χ3n) is 3.96. The number of ether oxygens (including phenoxy) is 1. The molecule has 0 aliphatic heterocycles. The molecule has 1 heterocycles. The van der Waals surface area contributed by atoms with Crippen LogP contribution in [0.5, 0.6) is 5.75 Å². The van der Waals surface area contributed by atoms with Crippen molar-refractivity contribution in [2.75, 3.05) is 13.7 Å². The molecule has 1 aliphatic carbocycles. The van der Waals surface area contributed by atoms with Crippen LogP contribution >= 0.6 is 24.8 Å². The van der Waals surface area contributed by atoms with Gasteiger partial charge in [-0.2, -0.15) is 0 Å². The van der Waals surface area contributed by atoms with Gasteiger partial charge in [0.2, 0.25) is 0 Å². The second-order valence-corrected chi connectivity index (χ2v) is 5.60. The van der Waals surface area contributed by atoms with Crippen LogP contribution in [0.2, 0.25) is 0 Å². The minimum absolute atomic E-state index is 0. The topological polar surface area (TPSA) is 34.1 Å². The molecule has 0 radical (unpaired) electrons. The predicted octanol–water partition coefficient (Wildman–Crippen LogP) is 4.03. The van der Waals surface area contributed by atoms with Gasteiger partial charge in [0.25, 0.3) is 0 Å². The Balaban J connectivity index is 0.00000121. The van der Waals surface area contributed by atoms with Gasteiger partial charge in [0.1, 0.15) is 12.4 Å². The van der Waals surface area contributed by atoms with E-state index in [1.807, 2.05) is 13.2 Å². The molecule has 1 aliphatic rings. The normalized spacial score (nSPS) is 14.5. The summed E-state index contributed by atoms with van der Waals surface area (Å²) < 4.78 is 5.89. The molecular weight excluding hydrogens is 319 g/mol. The van der Waals surface area contributed by atoms with Gasteiger partial charge in [-0.3, -0.25) is 4.98 Å². The lowest BCUT2D eigenvalue weighted by atomic mass is 10.1. The Morgan fingerprint density at radius 1 is 1.14 bits per heavy atom. The van der Waals surface area contributed by atoms with Crippen LogP contribution in [0.4, 0.5) is 0 Å². The second kappa shape index (κ2) is 7.82. The van der Waals surface area contributed by atoms with Gasteiger partial charge in [-0.25, -0.2) is 0 Å². The molecule has 0 amide bonds. The van der Waals surface area contributed by atoms with Gasteiger partial charge in [0, 0.05) is 11.8 Å². The fourth-order valence-electron chi connectivity index (χ4n) is 2.32. The first-order valence-electron chi connectivity index (χ1n) is 7.05. The zero-order valence-corrected chi connectivity index (χ0v) is 14.5. The molecule has 0 saturated heterocycles. The van der Waals surface area contributed by atoms with Crippen LogP contribution in [0, 0.1) is 6.92 Å². The van der Waals surface area contributed by atoms with Gasteiger partial charge in [0.05, 0.1) is 11.7 Å². The summed E-state index contributed by atoms with van der Waals surface area (Å²) in [5, 5.41) is 3.33. The monoisotopic (exact) mass is 340 g/mol. The van der Waals surface area contributed by atoms with Crippen molar-refractivity contribution < 1.29 is 4.74 Å². The first kappa shape index (κ1) is 18.8. The van der Waals surface area contributed by atoms with Crippen LogP contribution in [0.1, 0.15) is 18.4 Å². The quantitative estimate of drug-likeness (QED) is 0.892. The van der Waals surface area contributed by atoms with E-state index in [0.29, 0.717) is 6.61 Å². The maximum atomic E-state index is 5.89. The summed E-state index contributed by atoms with van der Waals surface area (Å²) in [5.74, 6) is 0.838. The van der Waals surface area contributed by atoms with Crippen molar-refractivity contribution in [3.05, 3.63) is 48.3 Å². The van der Waals surface area contributed by atoms with Crippen molar-refractivity contribution in [3.63, 3.8) is 0 Å². The molecule has 3 nitrogen and oxygen atoms in total. The van der Waals surface area contributed by atoms with Crippen LogP contribution in [-0.4, -0.2) is 24.2 Å².